The molecule has 1 N–H and O–H groups in total. The van der Waals surface area contributed by atoms with Gasteiger partial charge in [-0.15, -0.1) is 6.58 Å². The molecule has 1 aromatic rings. The summed E-state index contributed by atoms with van der Waals surface area (Å²) in [7, 11) is 0. The number of aromatic nitrogens is 1. The van der Waals surface area contributed by atoms with Gasteiger partial charge in [-0.1, -0.05) is 24.6 Å². The van der Waals surface area contributed by atoms with Gasteiger partial charge >= 0.3 is 0 Å². The van der Waals surface area contributed by atoms with Crippen LogP contribution >= 0.6 is 0 Å². The van der Waals surface area contributed by atoms with Crippen LogP contribution in [0.1, 0.15) is 38.3 Å². The summed E-state index contributed by atoms with van der Waals surface area (Å²) < 4.78 is 4.78. The zero-order chi connectivity index (χ0) is 10.9. The molecule has 0 spiro atoms. The summed E-state index contributed by atoms with van der Waals surface area (Å²) in [4.78, 5) is 0. The molecule has 1 aromatic heterocycles. The molecule has 0 fully saturated rings. The largest absolute Gasteiger partial charge is 0.364 e. The third-order valence-electron chi connectivity index (χ3n) is 2.42. The smallest absolute Gasteiger partial charge is 0.124 e. The average Bonchev–Trinajstić information content (AvgIpc) is 2.75. The molecule has 1 atom stereocenters. The highest BCUT2D eigenvalue weighted by Crippen LogP contribution is 2.06. The fourth-order valence-electron chi connectivity index (χ4n) is 1.59. The van der Waals surface area contributed by atoms with E-state index in [0.29, 0.717) is 6.04 Å². The number of hydrogen-bond donors (Lipinski definition) is 1. The van der Waals surface area contributed by atoms with E-state index in [2.05, 4.69) is 24.0 Å². The van der Waals surface area contributed by atoms with E-state index in [4.69, 9.17) is 4.52 Å². The maximum absolute atomic E-state index is 4.78. The van der Waals surface area contributed by atoms with E-state index in [0.717, 1.165) is 25.1 Å². The Morgan fingerprint density at radius 1 is 1.60 bits per heavy atom. The lowest BCUT2D eigenvalue weighted by Crippen LogP contribution is -2.28. The van der Waals surface area contributed by atoms with Gasteiger partial charge in [0, 0.05) is 18.7 Å². The SMILES string of the molecule is C=CCCC(CCC)NCc1ccon1. The van der Waals surface area contributed by atoms with Crippen LogP contribution < -0.4 is 5.32 Å². The summed E-state index contributed by atoms with van der Waals surface area (Å²) >= 11 is 0. The molecule has 0 aliphatic rings. The van der Waals surface area contributed by atoms with E-state index in [1.807, 2.05) is 12.1 Å². The highest BCUT2D eigenvalue weighted by molar-refractivity contribution is 4.94. The van der Waals surface area contributed by atoms with Crippen molar-refractivity contribution in [3.63, 3.8) is 0 Å². The van der Waals surface area contributed by atoms with Gasteiger partial charge in [-0.3, -0.25) is 0 Å². The highest BCUT2D eigenvalue weighted by Gasteiger charge is 2.06. The summed E-state index contributed by atoms with van der Waals surface area (Å²) in [6.45, 7) is 6.74. The standard InChI is InChI=1S/C12H20N2O/c1-3-5-7-11(6-4-2)13-10-12-8-9-15-14-12/h3,8-9,11,13H,1,4-7,10H2,2H3. The van der Waals surface area contributed by atoms with Crippen molar-refractivity contribution in [2.24, 2.45) is 0 Å². The van der Waals surface area contributed by atoms with Crippen LogP contribution in [-0.2, 0) is 6.54 Å². The molecule has 0 bridgehead atoms. The van der Waals surface area contributed by atoms with Gasteiger partial charge in [-0.2, -0.15) is 0 Å². The number of nitrogens with one attached hydrogen (secondary N) is 1. The Bertz CT molecular complexity index is 257. The Balaban J connectivity index is 2.27. The molecule has 1 heterocycles. The van der Waals surface area contributed by atoms with E-state index >= 15 is 0 Å². The number of hydrogen-bond acceptors (Lipinski definition) is 3. The Labute approximate surface area is 91.5 Å². The molecule has 1 rings (SSSR count). The van der Waals surface area contributed by atoms with Crippen molar-refractivity contribution in [3.05, 3.63) is 30.7 Å². The first kappa shape index (κ1) is 12.0. The molecule has 84 valence electrons. The summed E-state index contributed by atoms with van der Waals surface area (Å²) in [5.41, 5.74) is 0.967. The van der Waals surface area contributed by atoms with Crippen LogP contribution in [0.2, 0.25) is 0 Å². The normalized spacial score (nSPS) is 12.6. The second kappa shape index (κ2) is 7.23. The van der Waals surface area contributed by atoms with Gasteiger partial charge in [-0.25, -0.2) is 0 Å². The van der Waals surface area contributed by atoms with Crippen molar-refractivity contribution in [3.8, 4) is 0 Å². The van der Waals surface area contributed by atoms with Crippen LogP contribution in [0, 0.1) is 0 Å². The molecule has 3 heteroatoms. The minimum atomic E-state index is 0.560. The predicted molar refractivity (Wildman–Crippen MR) is 61.5 cm³/mol. The maximum Gasteiger partial charge on any atom is 0.124 e. The lowest BCUT2D eigenvalue weighted by atomic mass is 10.1. The second-order valence-electron chi connectivity index (χ2n) is 3.72. The molecular weight excluding hydrogens is 188 g/mol. The van der Waals surface area contributed by atoms with Crippen LogP contribution in [0.4, 0.5) is 0 Å². The molecule has 0 saturated heterocycles. The molecule has 0 amide bonds. The van der Waals surface area contributed by atoms with Crippen LogP contribution in [-0.4, -0.2) is 11.2 Å². The third kappa shape index (κ3) is 4.79. The molecular formula is C12H20N2O. The zero-order valence-corrected chi connectivity index (χ0v) is 9.41. The van der Waals surface area contributed by atoms with E-state index in [1.54, 1.807) is 6.26 Å². The van der Waals surface area contributed by atoms with Gasteiger partial charge in [0.15, 0.2) is 0 Å². The van der Waals surface area contributed by atoms with Crippen LogP contribution in [0.25, 0.3) is 0 Å². The van der Waals surface area contributed by atoms with Crippen LogP contribution in [0.5, 0.6) is 0 Å². The summed E-state index contributed by atoms with van der Waals surface area (Å²) in [6.07, 6.45) is 8.20. The summed E-state index contributed by atoms with van der Waals surface area (Å²) in [5, 5.41) is 7.36. The lowest BCUT2D eigenvalue weighted by molar-refractivity contribution is 0.397. The number of rotatable bonds is 8. The monoisotopic (exact) mass is 208 g/mol. The Morgan fingerprint density at radius 2 is 2.47 bits per heavy atom. The first-order valence-corrected chi connectivity index (χ1v) is 5.60. The molecule has 0 aliphatic carbocycles. The minimum absolute atomic E-state index is 0.560. The zero-order valence-electron chi connectivity index (χ0n) is 9.41. The Kier molecular flexibility index (Phi) is 5.78. The fourth-order valence-corrected chi connectivity index (χ4v) is 1.59. The van der Waals surface area contributed by atoms with Crippen molar-refractivity contribution in [1.82, 2.24) is 10.5 Å². The molecule has 3 nitrogen and oxygen atoms in total. The Morgan fingerprint density at radius 3 is 3.07 bits per heavy atom. The van der Waals surface area contributed by atoms with Crippen molar-refractivity contribution < 1.29 is 4.52 Å². The summed E-state index contributed by atoms with van der Waals surface area (Å²) in [6, 6.07) is 2.45. The molecule has 0 radical (unpaired) electrons. The highest BCUT2D eigenvalue weighted by atomic mass is 16.5. The van der Waals surface area contributed by atoms with Gasteiger partial charge in [0.25, 0.3) is 0 Å². The lowest BCUT2D eigenvalue weighted by Gasteiger charge is -2.16. The first-order valence-electron chi connectivity index (χ1n) is 5.60. The first-order chi connectivity index (χ1) is 7.36. The molecule has 15 heavy (non-hydrogen) atoms. The van der Waals surface area contributed by atoms with E-state index < -0.39 is 0 Å². The minimum Gasteiger partial charge on any atom is -0.364 e. The van der Waals surface area contributed by atoms with Gasteiger partial charge in [0.2, 0.25) is 0 Å². The van der Waals surface area contributed by atoms with Gasteiger partial charge in [0.05, 0.1) is 5.69 Å². The van der Waals surface area contributed by atoms with E-state index in [9.17, 15) is 0 Å². The maximum atomic E-state index is 4.78. The molecule has 1 unspecified atom stereocenters. The molecule has 0 aromatic carbocycles. The molecule has 0 aliphatic heterocycles. The van der Waals surface area contributed by atoms with Crippen LogP contribution in [0.3, 0.4) is 0 Å². The van der Waals surface area contributed by atoms with Crippen molar-refractivity contribution in [1.29, 1.82) is 0 Å². The number of nitrogens with zero attached hydrogens (tertiary/aromatic N) is 1. The fraction of sp³-hybridized carbons (Fsp3) is 0.583. The second-order valence-corrected chi connectivity index (χ2v) is 3.72. The molecule has 0 saturated carbocycles. The van der Waals surface area contributed by atoms with Crippen LogP contribution in [0.15, 0.2) is 29.5 Å². The van der Waals surface area contributed by atoms with Crippen molar-refractivity contribution in [2.75, 3.05) is 0 Å². The number of allylic oxidation sites excluding steroid dienone is 1. The van der Waals surface area contributed by atoms with E-state index in [1.165, 1.54) is 12.8 Å². The van der Waals surface area contributed by atoms with Crippen molar-refractivity contribution >= 4 is 0 Å². The topological polar surface area (TPSA) is 38.1 Å². The van der Waals surface area contributed by atoms with Gasteiger partial charge < -0.3 is 9.84 Å². The Hall–Kier alpha value is -1.09. The van der Waals surface area contributed by atoms with Gasteiger partial charge in [-0.05, 0) is 19.3 Å². The summed E-state index contributed by atoms with van der Waals surface area (Å²) in [5.74, 6) is 0. The van der Waals surface area contributed by atoms with Crippen molar-refractivity contribution in [2.45, 2.75) is 45.2 Å². The van der Waals surface area contributed by atoms with Gasteiger partial charge in [0.1, 0.15) is 6.26 Å². The third-order valence-corrected chi connectivity index (χ3v) is 2.42. The predicted octanol–water partition coefficient (Wildman–Crippen LogP) is 2.90. The quantitative estimate of drug-likeness (QED) is 0.667. The average molecular weight is 208 g/mol. The van der Waals surface area contributed by atoms with E-state index in [-0.39, 0.29) is 0 Å².